The van der Waals surface area contributed by atoms with Gasteiger partial charge in [-0.25, -0.2) is 4.79 Å². The highest BCUT2D eigenvalue weighted by molar-refractivity contribution is 14.1. The Bertz CT molecular complexity index is 637. The highest BCUT2D eigenvalue weighted by Gasteiger charge is 2.52. The summed E-state index contributed by atoms with van der Waals surface area (Å²) in [5, 5.41) is 14.7. The minimum absolute atomic E-state index is 0.243. The molecular weight excluding hydrogens is 415 g/mol. The largest absolute Gasteiger partial charge is 0.377 e. The number of carbonyl (C=O) groups is 1. The molecule has 0 saturated heterocycles. The maximum atomic E-state index is 11.9. The van der Waals surface area contributed by atoms with Crippen molar-refractivity contribution >= 4 is 28.6 Å². The summed E-state index contributed by atoms with van der Waals surface area (Å²) >= 11 is 2.13. The van der Waals surface area contributed by atoms with Crippen molar-refractivity contribution in [2.75, 3.05) is 0 Å². The van der Waals surface area contributed by atoms with Crippen molar-refractivity contribution in [2.24, 2.45) is 11.7 Å². The molecule has 0 fully saturated rings. The van der Waals surface area contributed by atoms with Crippen LogP contribution in [0.25, 0.3) is 0 Å². The fourth-order valence-corrected chi connectivity index (χ4v) is 4.80. The van der Waals surface area contributed by atoms with Crippen LogP contribution in [0.4, 0.5) is 4.79 Å². The fraction of sp³-hybridized carbons (Fsp3) is 0.316. The van der Waals surface area contributed by atoms with Crippen LogP contribution < -0.4 is 11.1 Å². The van der Waals surface area contributed by atoms with Gasteiger partial charge in [0.05, 0.1) is 0 Å². The lowest BCUT2D eigenvalue weighted by Crippen LogP contribution is -2.60. The molecule has 1 atom stereocenters. The summed E-state index contributed by atoms with van der Waals surface area (Å²) in [6.07, 6.45) is 0.552. The maximum absolute atomic E-state index is 11.9. The topological polar surface area (TPSA) is 75.3 Å². The van der Waals surface area contributed by atoms with E-state index in [0.29, 0.717) is 17.5 Å². The molecule has 2 amide bonds. The van der Waals surface area contributed by atoms with E-state index in [-0.39, 0.29) is 5.92 Å². The normalized spacial score (nSPS) is 14.2. The van der Waals surface area contributed by atoms with Gasteiger partial charge in [-0.1, -0.05) is 97.1 Å². The quantitative estimate of drug-likeness (QED) is 0.365. The second kappa shape index (κ2) is 7.53. The zero-order valence-corrected chi connectivity index (χ0v) is 16.0. The van der Waals surface area contributed by atoms with Gasteiger partial charge < -0.3 is 16.2 Å². The first-order valence-electron chi connectivity index (χ1n) is 7.89. The van der Waals surface area contributed by atoms with E-state index in [4.69, 9.17) is 5.73 Å². The van der Waals surface area contributed by atoms with E-state index >= 15 is 0 Å². The molecule has 0 aliphatic carbocycles. The number of primary amides is 1. The van der Waals surface area contributed by atoms with Crippen LogP contribution in [-0.4, -0.2) is 14.7 Å². The molecule has 4 nitrogen and oxygen atoms in total. The Kier molecular flexibility index (Phi) is 5.87. The van der Waals surface area contributed by atoms with Crippen molar-refractivity contribution in [3.05, 3.63) is 71.8 Å². The van der Waals surface area contributed by atoms with Crippen molar-refractivity contribution in [1.82, 2.24) is 5.32 Å². The molecule has 128 valence electrons. The molecule has 0 heterocycles. The number of nitrogens with one attached hydrogen (secondary N) is 1. The van der Waals surface area contributed by atoms with E-state index < -0.39 is 15.2 Å². The molecule has 0 saturated carbocycles. The second-order valence-electron chi connectivity index (χ2n) is 6.33. The van der Waals surface area contributed by atoms with Gasteiger partial charge in [0.1, 0.15) is 9.15 Å². The number of rotatable bonds is 6. The molecule has 0 unspecified atom stereocenters. The summed E-state index contributed by atoms with van der Waals surface area (Å²) in [6, 6.07) is 18.1. The van der Waals surface area contributed by atoms with E-state index in [9.17, 15) is 9.90 Å². The molecule has 2 aromatic rings. The molecule has 2 rings (SSSR count). The van der Waals surface area contributed by atoms with Gasteiger partial charge in [0.25, 0.3) is 0 Å². The van der Waals surface area contributed by atoms with Crippen LogP contribution in [-0.2, 0) is 5.60 Å². The summed E-state index contributed by atoms with van der Waals surface area (Å²) in [6.45, 7) is 4.10. The van der Waals surface area contributed by atoms with Crippen molar-refractivity contribution in [3.8, 4) is 0 Å². The molecule has 24 heavy (non-hydrogen) atoms. The Balaban J connectivity index is 2.69. The molecule has 0 radical (unpaired) electrons. The van der Waals surface area contributed by atoms with Gasteiger partial charge in [0.2, 0.25) is 0 Å². The highest BCUT2D eigenvalue weighted by Crippen LogP contribution is 2.46. The van der Waals surface area contributed by atoms with E-state index in [1.165, 1.54) is 0 Å². The lowest BCUT2D eigenvalue weighted by Gasteiger charge is -2.45. The van der Waals surface area contributed by atoms with Gasteiger partial charge in [-0.3, -0.25) is 0 Å². The Morgan fingerprint density at radius 2 is 1.50 bits per heavy atom. The number of alkyl halides is 1. The zero-order chi connectivity index (χ0) is 17.8. The van der Waals surface area contributed by atoms with E-state index in [2.05, 4.69) is 27.9 Å². The molecule has 0 spiro atoms. The average Bonchev–Trinajstić information content (AvgIpc) is 2.54. The van der Waals surface area contributed by atoms with Crippen LogP contribution in [0.1, 0.15) is 31.4 Å². The van der Waals surface area contributed by atoms with Gasteiger partial charge in [0.15, 0.2) is 0 Å². The molecule has 0 aliphatic rings. The number of hydrogen-bond donors (Lipinski definition) is 3. The number of amides is 2. The lowest BCUT2D eigenvalue weighted by atomic mass is 9.77. The van der Waals surface area contributed by atoms with Crippen molar-refractivity contribution in [3.63, 3.8) is 0 Å². The predicted molar refractivity (Wildman–Crippen MR) is 105 cm³/mol. The fourth-order valence-electron chi connectivity index (χ4n) is 3.03. The molecule has 0 aromatic heterocycles. The summed E-state index contributed by atoms with van der Waals surface area (Å²) < 4.78 is -0.993. The second-order valence-corrected chi connectivity index (χ2v) is 8.17. The molecule has 5 heteroatoms. The van der Waals surface area contributed by atoms with Gasteiger partial charge in [0, 0.05) is 0 Å². The number of benzene rings is 2. The highest BCUT2D eigenvalue weighted by atomic mass is 127. The van der Waals surface area contributed by atoms with Gasteiger partial charge in [-0.2, -0.15) is 0 Å². The molecule has 0 bridgehead atoms. The van der Waals surface area contributed by atoms with Crippen molar-refractivity contribution in [2.45, 2.75) is 29.4 Å². The third kappa shape index (κ3) is 3.72. The Morgan fingerprint density at radius 3 is 1.83 bits per heavy atom. The van der Waals surface area contributed by atoms with E-state index in [0.717, 1.165) is 0 Å². The minimum Gasteiger partial charge on any atom is -0.377 e. The third-order valence-electron chi connectivity index (χ3n) is 3.97. The summed E-state index contributed by atoms with van der Waals surface area (Å²) in [5.74, 6) is 0.243. The third-order valence-corrected chi connectivity index (χ3v) is 5.46. The zero-order valence-electron chi connectivity index (χ0n) is 13.9. The van der Waals surface area contributed by atoms with Crippen molar-refractivity contribution in [1.29, 1.82) is 0 Å². The minimum atomic E-state index is -1.42. The molecular formula is C19H23IN2O2. The van der Waals surface area contributed by atoms with Gasteiger partial charge in [-0.05, 0) is 23.5 Å². The average molecular weight is 438 g/mol. The smallest absolute Gasteiger partial charge is 0.313 e. The number of urea groups is 1. The first-order chi connectivity index (χ1) is 11.3. The molecule has 2 aromatic carbocycles. The number of halogens is 1. The Morgan fingerprint density at radius 1 is 1.08 bits per heavy atom. The number of hydrogen-bond acceptors (Lipinski definition) is 2. The Labute approximate surface area is 156 Å². The monoisotopic (exact) mass is 438 g/mol. The Hall–Kier alpha value is -1.60. The van der Waals surface area contributed by atoms with Crippen molar-refractivity contribution < 1.29 is 9.90 Å². The summed E-state index contributed by atoms with van der Waals surface area (Å²) in [5.41, 5.74) is 5.44. The standard InChI is InChI=1S/C19H23IN2O2/c1-14(2)13-18(20,22-17(21)23)19(24,15-9-5-3-6-10-15)16-11-7-4-8-12-16/h3-12,14,24H,13H2,1-2H3,(H3,21,22,23)/t18-/m1/s1. The van der Waals surface area contributed by atoms with Gasteiger partial charge in [-0.15, -0.1) is 0 Å². The molecule has 0 aliphatic heterocycles. The first-order valence-corrected chi connectivity index (χ1v) is 8.97. The lowest BCUT2D eigenvalue weighted by molar-refractivity contribution is 0.0255. The number of aliphatic hydroxyl groups is 1. The summed E-state index contributed by atoms with van der Waals surface area (Å²) in [7, 11) is 0. The van der Waals surface area contributed by atoms with E-state index in [1.807, 2.05) is 74.5 Å². The van der Waals surface area contributed by atoms with Crippen LogP contribution in [0.3, 0.4) is 0 Å². The van der Waals surface area contributed by atoms with Gasteiger partial charge >= 0.3 is 6.03 Å². The number of nitrogens with two attached hydrogens (primary N) is 1. The predicted octanol–water partition coefficient (Wildman–Crippen LogP) is 3.77. The molecule has 4 N–H and O–H groups in total. The van der Waals surface area contributed by atoms with Crippen LogP contribution in [0, 0.1) is 5.92 Å². The SMILES string of the molecule is CC(C)C[C@@](I)(NC(N)=O)C(O)(c1ccccc1)c1ccccc1. The van der Waals surface area contributed by atoms with Crippen LogP contribution in [0.5, 0.6) is 0 Å². The summed E-state index contributed by atoms with van der Waals surface area (Å²) in [4.78, 5) is 11.7. The number of carbonyl (C=O) groups excluding carboxylic acids is 1. The van der Waals surface area contributed by atoms with E-state index in [1.54, 1.807) is 0 Å². The van der Waals surface area contributed by atoms with Crippen LogP contribution in [0.15, 0.2) is 60.7 Å². The first kappa shape index (κ1) is 18.7. The van der Waals surface area contributed by atoms with Crippen LogP contribution in [0.2, 0.25) is 0 Å². The van der Waals surface area contributed by atoms with Crippen LogP contribution >= 0.6 is 22.6 Å². The maximum Gasteiger partial charge on any atom is 0.313 e.